The summed E-state index contributed by atoms with van der Waals surface area (Å²) in [6.45, 7) is 20.3. The second kappa shape index (κ2) is 20.7. The molecular formula is C42H80N2O13. The Morgan fingerprint density at radius 3 is 2.07 bits per heavy atom. The first-order chi connectivity index (χ1) is 26.3. The number of methoxy groups -OCH3 is 1. The molecule has 15 heteroatoms. The van der Waals surface area contributed by atoms with Crippen LogP contribution < -0.4 is 0 Å². The second-order valence-electron chi connectivity index (χ2n) is 18.5. The number of likely N-dealkylation sites (N-methyl/N-ethyl adjacent to an activating group) is 2. The van der Waals surface area contributed by atoms with Gasteiger partial charge in [0.05, 0.1) is 47.8 Å². The third-order valence-corrected chi connectivity index (χ3v) is 13.1. The number of carbonyl (C=O) groups is 1. The van der Waals surface area contributed by atoms with Gasteiger partial charge in [0.15, 0.2) is 25.0 Å². The lowest BCUT2D eigenvalue weighted by Gasteiger charge is -2.49. The van der Waals surface area contributed by atoms with Crippen molar-refractivity contribution in [2.75, 3.05) is 34.8 Å². The average Bonchev–Trinajstić information content (AvgIpc) is 3.12. The van der Waals surface area contributed by atoms with Crippen LogP contribution in [0.4, 0.5) is 0 Å². The Balaban J connectivity index is 2.23. The van der Waals surface area contributed by atoms with Crippen molar-refractivity contribution in [3.05, 3.63) is 0 Å². The molecule has 19 atom stereocenters. The Kier molecular flexibility index (Phi) is 18.2. The fraction of sp³-hybridized carbons (Fsp3) is 0.976. The molecule has 15 nitrogen and oxygen atoms in total. The molecular weight excluding hydrogens is 740 g/mol. The van der Waals surface area contributed by atoms with Crippen molar-refractivity contribution in [3.63, 3.8) is 0 Å². The molecule has 0 radical (unpaired) electrons. The van der Waals surface area contributed by atoms with Gasteiger partial charge in [-0.2, -0.15) is 0 Å². The summed E-state index contributed by atoms with van der Waals surface area (Å²) in [5, 5.41) is 59.1. The molecule has 3 rings (SSSR count). The molecule has 0 aromatic heterocycles. The summed E-state index contributed by atoms with van der Waals surface area (Å²) in [6, 6.07) is -0.779. The largest absolute Gasteiger partial charge is 0.455 e. The summed E-state index contributed by atoms with van der Waals surface area (Å²) in [7, 11) is 7.22. The maximum absolute atomic E-state index is 13.1. The lowest BCUT2D eigenvalue weighted by molar-refractivity contribution is -0.327. The van der Waals surface area contributed by atoms with Gasteiger partial charge in [-0.25, -0.2) is 0 Å². The lowest BCUT2D eigenvalue weighted by atomic mass is 9.77. The smallest absolute Gasteiger partial charge is 0.306 e. The molecule has 336 valence electrons. The SMILES string of the molecule is CCCC(=O)O[C@@H]1C(N(C)C)C[C@@H](C)O[C@H]1O[C@@H]1[C@@H](C)[C@H](O[C@H]2C[C@@](C)(OC)[C@@H](O)[C@H](C)O2)[C@@H](C)C(O)O[C@H](CC)[C@@](C)(O)[C@H](O)[C@@H](C)N(C)C[C@H](C)C[C@@]1(C)O. The monoisotopic (exact) mass is 821 g/mol. The van der Waals surface area contributed by atoms with Gasteiger partial charge in [0, 0.05) is 44.4 Å². The summed E-state index contributed by atoms with van der Waals surface area (Å²) < 4.78 is 44.7. The van der Waals surface area contributed by atoms with Crippen LogP contribution in [0.25, 0.3) is 0 Å². The van der Waals surface area contributed by atoms with Gasteiger partial charge >= 0.3 is 5.97 Å². The van der Waals surface area contributed by atoms with E-state index in [4.69, 9.17) is 33.2 Å². The van der Waals surface area contributed by atoms with E-state index in [1.54, 1.807) is 27.7 Å². The van der Waals surface area contributed by atoms with E-state index in [1.165, 1.54) is 14.0 Å². The van der Waals surface area contributed by atoms with Gasteiger partial charge in [-0.1, -0.05) is 34.6 Å². The summed E-state index contributed by atoms with van der Waals surface area (Å²) >= 11 is 0. The fourth-order valence-electron chi connectivity index (χ4n) is 9.40. The molecule has 3 fully saturated rings. The third kappa shape index (κ3) is 12.1. The van der Waals surface area contributed by atoms with Gasteiger partial charge in [0.2, 0.25) is 0 Å². The molecule has 0 bridgehead atoms. The van der Waals surface area contributed by atoms with Gasteiger partial charge in [-0.3, -0.25) is 4.79 Å². The van der Waals surface area contributed by atoms with Crippen LogP contribution in [0.1, 0.15) is 115 Å². The quantitative estimate of drug-likeness (QED) is 0.202. The van der Waals surface area contributed by atoms with Crippen LogP contribution in [0, 0.1) is 17.8 Å². The van der Waals surface area contributed by atoms with Gasteiger partial charge < -0.3 is 68.5 Å². The molecule has 0 aliphatic carbocycles. The number of aliphatic hydroxyl groups is 5. The Morgan fingerprint density at radius 2 is 1.51 bits per heavy atom. The number of esters is 1. The highest BCUT2D eigenvalue weighted by Crippen LogP contribution is 2.41. The zero-order valence-electron chi connectivity index (χ0n) is 37.6. The minimum absolute atomic E-state index is 0.146. The Labute approximate surface area is 342 Å². The molecule has 0 amide bonds. The van der Waals surface area contributed by atoms with Crippen molar-refractivity contribution in [2.24, 2.45) is 17.8 Å². The summed E-state index contributed by atoms with van der Waals surface area (Å²) in [6.07, 6.45) is -8.43. The predicted octanol–water partition coefficient (Wildman–Crippen LogP) is 3.04. The minimum atomic E-state index is -1.76. The van der Waals surface area contributed by atoms with Crippen molar-refractivity contribution in [3.8, 4) is 0 Å². The molecule has 3 heterocycles. The van der Waals surface area contributed by atoms with Crippen LogP contribution >= 0.6 is 0 Å². The van der Waals surface area contributed by atoms with Crippen molar-refractivity contribution in [1.29, 1.82) is 0 Å². The molecule has 0 saturated carbocycles. The Bertz CT molecular complexity index is 1240. The van der Waals surface area contributed by atoms with E-state index in [-0.39, 0.29) is 49.7 Å². The molecule has 57 heavy (non-hydrogen) atoms. The Morgan fingerprint density at radius 1 is 0.877 bits per heavy atom. The maximum atomic E-state index is 13.1. The molecule has 5 N–H and O–H groups in total. The zero-order chi connectivity index (χ0) is 43.4. The van der Waals surface area contributed by atoms with Crippen LogP contribution in [0.15, 0.2) is 0 Å². The van der Waals surface area contributed by atoms with E-state index in [9.17, 15) is 30.3 Å². The van der Waals surface area contributed by atoms with Gasteiger partial charge in [-0.15, -0.1) is 0 Å². The van der Waals surface area contributed by atoms with Gasteiger partial charge in [-0.05, 0) is 94.3 Å². The van der Waals surface area contributed by atoms with E-state index in [0.717, 1.165) is 0 Å². The van der Waals surface area contributed by atoms with Gasteiger partial charge in [0.1, 0.15) is 17.8 Å². The number of hydrogen-bond acceptors (Lipinski definition) is 15. The zero-order valence-corrected chi connectivity index (χ0v) is 37.6. The molecule has 2 unspecified atom stereocenters. The van der Waals surface area contributed by atoms with Crippen LogP contribution in [0.3, 0.4) is 0 Å². The van der Waals surface area contributed by atoms with Crippen LogP contribution in [-0.2, 0) is 38.0 Å². The number of ether oxygens (including phenoxy) is 7. The number of aliphatic hydroxyl groups excluding tert-OH is 3. The highest BCUT2D eigenvalue weighted by molar-refractivity contribution is 5.69. The van der Waals surface area contributed by atoms with Gasteiger partial charge in [0.25, 0.3) is 0 Å². The maximum Gasteiger partial charge on any atom is 0.306 e. The molecule has 3 saturated heterocycles. The number of carbonyl (C=O) groups excluding carboxylic acids is 1. The number of hydrogen-bond donors (Lipinski definition) is 5. The van der Waals surface area contributed by atoms with Crippen LogP contribution in [0.2, 0.25) is 0 Å². The topological polar surface area (TPSA) is 189 Å². The highest BCUT2D eigenvalue weighted by Gasteiger charge is 2.53. The first-order valence-electron chi connectivity index (χ1n) is 21.2. The van der Waals surface area contributed by atoms with Crippen molar-refractivity contribution in [1.82, 2.24) is 9.80 Å². The molecule has 3 aliphatic rings. The van der Waals surface area contributed by atoms with E-state index in [1.807, 2.05) is 72.5 Å². The Hall–Kier alpha value is -1.05. The minimum Gasteiger partial charge on any atom is -0.455 e. The third-order valence-electron chi connectivity index (χ3n) is 13.1. The van der Waals surface area contributed by atoms with Crippen LogP contribution in [0.5, 0.6) is 0 Å². The van der Waals surface area contributed by atoms with E-state index < -0.39 is 96.3 Å². The highest BCUT2D eigenvalue weighted by atomic mass is 16.7. The van der Waals surface area contributed by atoms with Crippen molar-refractivity contribution in [2.45, 2.75) is 211 Å². The van der Waals surface area contributed by atoms with Crippen LogP contribution in [-0.4, -0.2) is 173 Å². The molecule has 0 spiro atoms. The number of rotatable bonds is 10. The normalized spacial score (nSPS) is 47.6. The van der Waals surface area contributed by atoms with Crippen molar-refractivity contribution >= 4 is 5.97 Å². The van der Waals surface area contributed by atoms with Crippen molar-refractivity contribution < 1.29 is 63.5 Å². The fourth-order valence-corrected chi connectivity index (χ4v) is 9.40. The van der Waals surface area contributed by atoms with E-state index in [0.29, 0.717) is 19.4 Å². The first-order valence-corrected chi connectivity index (χ1v) is 21.2. The standard InChI is InChI=1S/C42H80N2O13/c1-16-18-31(45)55-34-29(43(12)13)19-24(4)52-39(34)57-37-25(5)33(56-32-21-41(10,51-15)36(47)28(8)53-32)26(6)38(48)54-30(17-2)42(11,50)35(46)27(7)44(14)22-23(3)20-40(37,9)49/h23-30,32-39,46-50H,16-22H2,1-15H3/t23-,24-,25+,26-,27-,28+,29?,30-,32+,33+,34-,35-,36+,37-,38?,39+,40-,41-,42-/m1/s1. The molecule has 3 aliphatic heterocycles. The van der Waals surface area contributed by atoms with E-state index >= 15 is 0 Å². The number of nitrogens with zero attached hydrogens (tertiary/aromatic N) is 2. The average molecular weight is 821 g/mol. The summed E-state index contributed by atoms with van der Waals surface area (Å²) in [5.41, 5.74) is -4.35. The predicted molar refractivity (Wildman–Crippen MR) is 214 cm³/mol. The molecule has 0 aromatic rings. The second-order valence-corrected chi connectivity index (χ2v) is 18.5. The van der Waals surface area contributed by atoms with E-state index in [2.05, 4.69) is 0 Å². The lowest BCUT2D eigenvalue weighted by Crippen LogP contribution is -2.61. The first kappa shape index (κ1) is 50.3. The summed E-state index contributed by atoms with van der Waals surface area (Å²) in [5.74, 6) is -2.10. The summed E-state index contributed by atoms with van der Waals surface area (Å²) in [4.78, 5) is 17.0. The molecule has 0 aromatic carbocycles.